The highest BCUT2D eigenvalue weighted by Gasteiger charge is 2.33. The van der Waals surface area contributed by atoms with Crippen LogP contribution >= 0.6 is 0 Å². The number of para-hydroxylation sites is 1. The van der Waals surface area contributed by atoms with Crippen LogP contribution in [0.2, 0.25) is 0 Å². The molecule has 11 heteroatoms. The zero-order valence-corrected chi connectivity index (χ0v) is 16.7. The second-order valence-corrected chi connectivity index (χ2v) is 9.18. The summed E-state index contributed by atoms with van der Waals surface area (Å²) in [4.78, 5) is 19.8. The van der Waals surface area contributed by atoms with Crippen LogP contribution in [0.25, 0.3) is 21.9 Å². The van der Waals surface area contributed by atoms with Gasteiger partial charge in [-0.15, -0.1) is 0 Å². The summed E-state index contributed by atoms with van der Waals surface area (Å²) < 4.78 is 27.9. The molecule has 1 aliphatic rings. The number of nitrogens with two attached hydrogens (primary N) is 1. The van der Waals surface area contributed by atoms with Crippen LogP contribution in [-0.4, -0.2) is 57.8 Å². The fraction of sp³-hybridized carbons (Fsp3) is 0.389. The number of nitrogen functional groups attached to an aromatic ring is 1. The second-order valence-electron chi connectivity index (χ2n) is 7.19. The third kappa shape index (κ3) is 3.58. The first kappa shape index (κ1) is 19.4. The lowest BCUT2D eigenvalue weighted by atomic mass is 10.1. The fourth-order valence-corrected chi connectivity index (χ4v) is 4.71. The van der Waals surface area contributed by atoms with Crippen molar-refractivity contribution in [1.29, 1.82) is 0 Å². The summed E-state index contributed by atoms with van der Waals surface area (Å²) in [5.74, 6) is 0.913. The van der Waals surface area contributed by atoms with Crippen molar-refractivity contribution >= 4 is 43.9 Å². The maximum Gasteiger partial charge on any atom is 0.404 e. The van der Waals surface area contributed by atoms with Crippen LogP contribution in [0.4, 0.5) is 10.6 Å². The van der Waals surface area contributed by atoms with Gasteiger partial charge in [-0.1, -0.05) is 18.2 Å². The summed E-state index contributed by atoms with van der Waals surface area (Å²) in [5.41, 5.74) is 8.31. The molecule has 4 N–H and O–H groups in total. The molecule has 0 saturated carbocycles. The molecule has 0 spiro atoms. The smallest absolute Gasteiger partial charge is 0.404 e. The average molecular weight is 418 g/mol. The van der Waals surface area contributed by atoms with E-state index in [0.29, 0.717) is 36.5 Å². The van der Waals surface area contributed by atoms with E-state index in [0.717, 1.165) is 16.4 Å². The molecular weight excluding hydrogens is 396 g/mol. The Morgan fingerprint density at radius 1 is 1.34 bits per heavy atom. The van der Waals surface area contributed by atoms with Gasteiger partial charge in [-0.25, -0.2) is 23.2 Å². The lowest BCUT2D eigenvalue weighted by Gasteiger charge is -2.33. The van der Waals surface area contributed by atoms with E-state index >= 15 is 0 Å². The quantitative estimate of drug-likeness (QED) is 0.533. The maximum absolute atomic E-state index is 12.2. The molecule has 10 nitrogen and oxygen atoms in total. The fourth-order valence-electron chi connectivity index (χ4n) is 3.92. The predicted octanol–water partition coefficient (Wildman–Crippen LogP) is 1.53. The molecule has 0 fully saturated rings. The molecule has 4 rings (SSSR count). The first-order valence-electron chi connectivity index (χ1n) is 9.22. The van der Waals surface area contributed by atoms with Crippen LogP contribution in [0.5, 0.6) is 0 Å². The van der Waals surface area contributed by atoms with Gasteiger partial charge in [0.2, 0.25) is 10.0 Å². The summed E-state index contributed by atoms with van der Waals surface area (Å²) in [6, 6.07) is 7.43. The van der Waals surface area contributed by atoms with Gasteiger partial charge >= 0.3 is 6.09 Å². The van der Waals surface area contributed by atoms with Crippen molar-refractivity contribution in [3.8, 4) is 0 Å². The maximum atomic E-state index is 12.2. The molecule has 0 unspecified atom stereocenters. The van der Waals surface area contributed by atoms with E-state index in [1.165, 1.54) is 10.6 Å². The second kappa shape index (κ2) is 7.16. The van der Waals surface area contributed by atoms with Crippen molar-refractivity contribution in [2.75, 3.05) is 25.1 Å². The number of hydrogen-bond donors (Lipinski definition) is 3. The molecule has 1 atom stereocenters. The molecule has 3 aromatic rings. The monoisotopic (exact) mass is 418 g/mol. The number of sulfonamides is 1. The number of fused-ring (bicyclic) bond motifs is 5. The number of amides is 1. The van der Waals surface area contributed by atoms with Gasteiger partial charge < -0.3 is 20.7 Å². The van der Waals surface area contributed by atoms with Gasteiger partial charge in [0.05, 0.1) is 23.8 Å². The number of hydrogen-bond acceptors (Lipinski definition) is 6. The Labute approximate surface area is 167 Å². The summed E-state index contributed by atoms with van der Waals surface area (Å²) in [7, 11) is -3.41. The lowest BCUT2D eigenvalue weighted by molar-refractivity contribution is 0.193. The van der Waals surface area contributed by atoms with Crippen molar-refractivity contribution in [1.82, 2.24) is 24.2 Å². The Bertz CT molecular complexity index is 1210. The van der Waals surface area contributed by atoms with E-state index < -0.39 is 16.1 Å². The van der Waals surface area contributed by atoms with Gasteiger partial charge in [0, 0.05) is 24.5 Å². The van der Waals surface area contributed by atoms with Crippen LogP contribution in [-0.2, 0) is 16.6 Å². The van der Waals surface area contributed by atoms with Crippen LogP contribution in [0.3, 0.4) is 0 Å². The standard InChI is InChI=1S/C18H22N6O4S/c1-29(27,28)23-9-11(5-4-8-20-18(25)26)24-14(10-23)22-15-16(24)12-6-2-3-7-13(12)21-17(15)19/h2-3,6-7,11,20H,4-5,8-10H2,1H3,(H2,19,21)(H,25,26)/t11-/m0/s1. The van der Waals surface area contributed by atoms with Crippen LogP contribution in [0.1, 0.15) is 24.7 Å². The number of rotatable bonds is 5. The molecular formula is C18H22N6O4S. The molecule has 1 aromatic carbocycles. The molecule has 154 valence electrons. The summed E-state index contributed by atoms with van der Waals surface area (Å²) in [6.45, 7) is 0.739. The highest BCUT2D eigenvalue weighted by molar-refractivity contribution is 7.88. The molecule has 0 aliphatic carbocycles. The van der Waals surface area contributed by atoms with Crippen molar-refractivity contribution in [3.63, 3.8) is 0 Å². The molecule has 0 radical (unpaired) electrons. The van der Waals surface area contributed by atoms with E-state index in [4.69, 9.17) is 10.8 Å². The summed E-state index contributed by atoms with van der Waals surface area (Å²) >= 11 is 0. The topological polar surface area (TPSA) is 143 Å². The zero-order chi connectivity index (χ0) is 20.8. The Hall–Kier alpha value is -2.92. The van der Waals surface area contributed by atoms with E-state index in [9.17, 15) is 13.2 Å². The van der Waals surface area contributed by atoms with Crippen molar-refractivity contribution < 1.29 is 18.3 Å². The Morgan fingerprint density at radius 2 is 2.10 bits per heavy atom. The largest absolute Gasteiger partial charge is 0.465 e. The van der Waals surface area contributed by atoms with Gasteiger partial charge in [0.25, 0.3) is 0 Å². The van der Waals surface area contributed by atoms with Crippen molar-refractivity contribution in [2.45, 2.75) is 25.4 Å². The number of benzene rings is 1. The SMILES string of the molecule is CS(=O)(=O)N1Cc2nc3c(N)nc4ccccc4c3n2[C@@H](CCCNC(=O)O)C1. The molecule has 2 aromatic heterocycles. The van der Waals surface area contributed by atoms with Crippen molar-refractivity contribution in [3.05, 3.63) is 30.1 Å². The number of aromatic nitrogens is 3. The first-order chi connectivity index (χ1) is 13.8. The van der Waals surface area contributed by atoms with Gasteiger partial charge in [0.15, 0.2) is 5.82 Å². The Morgan fingerprint density at radius 3 is 2.83 bits per heavy atom. The van der Waals surface area contributed by atoms with Crippen LogP contribution in [0.15, 0.2) is 24.3 Å². The Balaban J connectivity index is 1.84. The van der Waals surface area contributed by atoms with Crippen molar-refractivity contribution in [2.24, 2.45) is 0 Å². The number of imidazole rings is 1. The highest BCUT2D eigenvalue weighted by atomic mass is 32.2. The average Bonchev–Trinajstić information content (AvgIpc) is 3.05. The first-order valence-corrected chi connectivity index (χ1v) is 11.1. The molecule has 0 bridgehead atoms. The molecule has 29 heavy (non-hydrogen) atoms. The molecule has 1 amide bonds. The third-order valence-electron chi connectivity index (χ3n) is 5.18. The molecule has 0 saturated heterocycles. The lowest BCUT2D eigenvalue weighted by Crippen LogP contribution is -2.40. The number of pyridine rings is 1. The number of carboxylic acid groups (broad SMARTS) is 1. The van der Waals surface area contributed by atoms with Crippen LogP contribution in [0, 0.1) is 0 Å². The minimum Gasteiger partial charge on any atom is -0.465 e. The minimum atomic E-state index is -3.41. The van der Waals surface area contributed by atoms with E-state index in [1.54, 1.807) is 0 Å². The predicted molar refractivity (Wildman–Crippen MR) is 109 cm³/mol. The number of nitrogens with zero attached hydrogens (tertiary/aromatic N) is 4. The molecule has 1 aliphatic heterocycles. The van der Waals surface area contributed by atoms with Gasteiger partial charge in [-0.05, 0) is 18.9 Å². The third-order valence-corrected chi connectivity index (χ3v) is 6.40. The van der Waals surface area contributed by atoms with Gasteiger partial charge in [-0.2, -0.15) is 4.31 Å². The zero-order valence-electron chi connectivity index (χ0n) is 15.9. The van der Waals surface area contributed by atoms with Gasteiger partial charge in [0.1, 0.15) is 11.3 Å². The van der Waals surface area contributed by atoms with E-state index in [-0.39, 0.29) is 19.1 Å². The normalized spacial score (nSPS) is 17.5. The number of carbonyl (C=O) groups is 1. The minimum absolute atomic E-state index is 0.158. The van der Waals surface area contributed by atoms with E-state index in [1.807, 2.05) is 24.3 Å². The summed E-state index contributed by atoms with van der Waals surface area (Å²) in [5, 5.41) is 12.0. The highest BCUT2D eigenvalue weighted by Crippen LogP contribution is 2.35. The summed E-state index contributed by atoms with van der Waals surface area (Å²) in [6.07, 6.45) is 1.25. The van der Waals surface area contributed by atoms with Gasteiger partial charge in [-0.3, -0.25) is 0 Å². The van der Waals surface area contributed by atoms with Crippen LogP contribution < -0.4 is 11.1 Å². The van der Waals surface area contributed by atoms with E-state index in [2.05, 4.69) is 19.9 Å². The number of nitrogens with one attached hydrogen (secondary N) is 1. The molecule has 3 heterocycles. The Kier molecular flexibility index (Phi) is 4.79. The number of anilines is 1.